The number of methoxy groups -OCH3 is 1. The summed E-state index contributed by atoms with van der Waals surface area (Å²) in [6, 6.07) is 0. The summed E-state index contributed by atoms with van der Waals surface area (Å²) in [5, 5.41) is 0. The smallest absolute Gasteiger partial charge is 0.0830 e. The molecule has 0 aliphatic rings. The van der Waals surface area contributed by atoms with Crippen molar-refractivity contribution in [2.24, 2.45) is 5.92 Å². The fourth-order valence-electron chi connectivity index (χ4n) is 1.06. The van der Waals surface area contributed by atoms with E-state index in [9.17, 15) is 0 Å². The molecular weight excluding hydrogens is 124 g/mol. The molecule has 0 aliphatic heterocycles. The van der Waals surface area contributed by atoms with Crippen LogP contribution in [0, 0.1) is 5.92 Å². The molecule has 0 aliphatic carbocycles. The molecule has 0 bridgehead atoms. The quantitative estimate of drug-likeness (QED) is 0.548. The third-order valence-electron chi connectivity index (χ3n) is 1.71. The van der Waals surface area contributed by atoms with Gasteiger partial charge in [-0.2, -0.15) is 0 Å². The van der Waals surface area contributed by atoms with Crippen LogP contribution < -0.4 is 0 Å². The fourth-order valence-corrected chi connectivity index (χ4v) is 1.06. The Morgan fingerprint density at radius 3 is 2.20 bits per heavy atom. The highest BCUT2D eigenvalue weighted by Crippen LogP contribution is 2.20. The molecule has 1 unspecified atom stereocenters. The molecule has 0 spiro atoms. The lowest BCUT2D eigenvalue weighted by Crippen LogP contribution is -2.25. The minimum absolute atomic E-state index is 0.131. The molecule has 0 rings (SSSR count). The predicted octanol–water partition coefficient (Wildman–Crippen LogP) is 2.62. The van der Waals surface area contributed by atoms with Gasteiger partial charge in [0.15, 0.2) is 0 Å². The van der Waals surface area contributed by atoms with Gasteiger partial charge in [-0.15, -0.1) is 6.58 Å². The highest BCUT2D eigenvalue weighted by atomic mass is 16.5. The summed E-state index contributed by atoms with van der Waals surface area (Å²) >= 11 is 0. The highest BCUT2D eigenvalue weighted by Gasteiger charge is 2.19. The molecular formula is C9H18O. The molecule has 0 saturated heterocycles. The van der Waals surface area contributed by atoms with E-state index in [0.717, 1.165) is 6.42 Å². The third-order valence-corrected chi connectivity index (χ3v) is 1.71. The average molecular weight is 142 g/mol. The molecule has 0 heterocycles. The van der Waals surface area contributed by atoms with Crippen LogP contribution >= 0.6 is 0 Å². The Bertz CT molecular complexity index is 107. The SMILES string of the molecule is C=CC(C)(CC(C)C)OC. The Balaban J connectivity index is 3.92. The second kappa shape index (κ2) is 3.77. The van der Waals surface area contributed by atoms with Crippen LogP contribution in [0.15, 0.2) is 12.7 Å². The third kappa shape index (κ3) is 3.02. The molecule has 0 aromatic rings. The van der Waals surface area contributed by atoms with Crippen molar-refractivity contribution in [3.8, 4) is 0 Å². The van der Waals surface area contributed by atoms with Gasteiger partial charge in [-0.3, -0.25) is 0 Å². The maximum absolute atomic E-state index is 5.28. The van der Waals surface area contributed by atoms with Gasteiger partial charge in [-0.25, -0.2) is 0 Å². The summed E-state index contributed by atoms with van der Waals surface area (Å²) in [4.78, 5) is 0. The van der Waals surface area contributed by atoms with E-state index in [1.54, 1.807) is 7.11 Å². The van der Waals surface area contributed by atoms with Gasteiger partial charge in [0.1, 0.15) is 0 Å². The Morgan fingerprint density at radius 2 is 2.10 bits per heavy atom. The van der Waals surface area contributed by atoms with Crippen LogP contribution in [0.3, 0.4) is 0 Å². The van der Waals surface area contributed by atoms with E-state index >= 15 is 0 Å². The monoisotopic (exact) mass is 142 g/mol. The molecule has 0 aromatic carbocycles. The van der Waals surface area contributed by atoms with Crippen molar-refractivity contribution in [1.29, 1.82) is 0 Å². The van der Waals surface area contributed by atoms with Crippen LogP contribution in [0.1, 0.15) is 27.2 Å². The molecule has 10 heavy (non-hydrogen) atoms. The Labute approximate surface area is 64.1 Å². The molecule has 0 fully saturated rings. The Kier molecular flexibility index (Phi) is 3.66. The number of hydrogen-bond acceptors (Lipinski definition) is 1. The maximum atomic E-state index is 5.28. The zero-order chi connectivity index (χ0) is 8.20. The predicted molar refractivity (Wildman–Crippen MR) is 45.1 cm³/mol. The van der Waals surface area contributed by atoms with Crippen molar-refractivity contribution < 1.29 is 4.74 Å². The minimum atomic E-state index is -0.131. The lowest BCUT2D eigenvalue weighted by molar-refractivity contribution is 0.0314. The standard InChI is InChI=1S/C9H18O/c1-6-9(4,10-5)7-8(2)3/h6,8H,1,7H2,2-5H3. The van der Waals surface area contributed by atoms with Crippen LogP contribution in [-0.2, 0) is 4.74 Å². The van der Waals surface area contributed by atoms with Crippen LogP contribution in [0.5, 0.6) is 0 Å². The molecule has 60 valence electrons. The second-order valence-corrected chi connectivity index (χ2v) is 3.32. The topological polar surface area (TPSA) is 9.23 Å². The van der Waals surface area contributed by atoms with Gasteiger partial charge in [0, 0.05) is 7.11 Å². The van der Waals surface area contributed by atoms with Crippen LogP contribution in [0.2, 0.25) is 0 Å². The van der Waals surface area contributed by atoms with Gasteiger partial charge in [-0.1, -0.05) is 19.9 Å². The molecule has 1 atom stereocenters. The lowest BCUT2D eigenvalue weighted by atomic mass is 9.94. The van der Waals surface area contributed by atoms with Gasteiger partial charge in [0.2, 0.25) is 0 Å². The van der Waals surface area contributed by atoms with E-state index in [2.05, 4.69) is 27.4 Å². The zero-order valence-electron chi connectivity index (χ0n) is 7.48. The minimum Gasteiger partial charge on any atom is -0.374 e. The maximum Gasteiger partial charge on any atom is 0.0830 e. The lowest BCUT2D eigenvalue weighted by Gasteiger charge is -2.25. The summed E-state index contributed by atoms with van der Waals surface area (Å²) < 4.78 is 5.28. The van der Waals surface area contributed by atoms with E-state index in [1.165, 1.54) is 0 Å². The van der Waals surface area contributed by atoms with E-state index < -0.39 is 0 Å². The summed E-state index contributed by atoms with van der Waals surface area (Å²) in [6.45, 7) is 10.1. The van der Waals surface area contributed by atoms with E-state index in [0.29, 0.717) is 5.92 Å². The zero-order valence-corrected chi connectivity index (χ0v) is 7.48. The van der Waals surface area contributed by atoms with Crippen molar-refractivity contribution in [1.82, 2.24) is 0 Å². The first kappa shape index (κ1) is 9.70. The molecule has 0 radical (unpaired) electrons. The fraction of sp³-hybridized carbons (Fsp3) is 0.778. The van der Waals surface area contributed by atoms with Crippen molar-refractivity contribution >= 4 is 0 Å². The van der Waals surface area contributed by atoms with Crippen molar-refractivity contribution in [2.45, 2.75) is 32.8 Å². The molecule has 0 amide bonds. The molecule has 0 N–H and O–H groups in total. The van der Waals surface area contributed by atoms with Crippen molar-refractivity contribution in [2.75, 3.05) is 7.11 Å². The van der Waals surface area contributed by atoms with Crippen LogP contribution in [0.4, 0.5) is 0 Å². The molecule has 0 aromatic heterocycles. The van der Waals surface area contributed by atoms with Gasteiger partial charge < -0.3 is 4.74 Å². The first-order valence-electron chi connectivity index (χ1n) is 3.73. The normalized spacial score (nSPS) is 16.9. The van der Waals surface area contributed by atoms with Gasteiger partial charge in [0.05, 0.1) is 5.60 Å². The summed E-state index contributed by atoms with van der Waals surface area (Å²) in [5.74, 6) is 0.656. The van der Waals surface area contributed by atoms with Crippen molar-refractivity contribution in [3.63, 3.8) is 0 Å². The van der Waals surface area contributed by atoms with Crippen molar-refractivity contribution in [3.05, 3.63) is 12.7 Å². The molecule has 0 saturated carbocycles. The first-order valence-corrected chi connectivity index (χ1v) is 3.73. The summed E-state index contributed by atoms with van der Waals surface area (Å²) in [5.41, 5.74) is -0.131. The first-order chi connectivity index (χ1) is 4.54. The van der Waals surface area contributed by atoms with Gasteiger partial charge in [0.25, 0.3) is 0 Å². The average Bonchev–Trinajstić information content (AvgIpc) is 1.87. The van der Waals surface area contributed by atoms with Gasteiger partial charge in [-0.05, 0) is 19.3 Å². The summed E-state index contributed by atoms with van der Waals surface area (Å²) in [7, 11) is 1.73. The Morgan fingerprint density at radius 1 is 1.60 bits per heavy atom. The largest absolute Gasteiger partial charge is 0.374 e. The van der Waals surface area contributed by atoms with E-state index in [4.69, 9.17) is 4.74 Å². The van der Waals surface area contributed by atoms with Crippen LogP contribution in [-0.4, -0.2) is 12.7 Å². The molecule has 1 nitrogen and oxygen atoms in total. The second-order valence-electron chi connectivity index (χ2n) is 3.32. The Hall–Kier alpha value is -0.300. The van der Waals surface area contributed by atoms with Crippen LogP contribution in [0.25, 0.3) is 0 Å². The van der Waals surface area contributed by atoms with E-state index in [1.807, 2.05) is 6.08 Å². The highest BCUT2D eigenvalue weighted by molar-refractivity contribution is 4.93. The number of ether oxygens (including phenoxy) is 1. The van der Waals surface area contributed by atoms with Gasteiger partial charge >= 0.3 is 0 Å². The number of hydrogen-bond donors (Lipinski definition) is 0. The molecule has 1 heteroatoms. The van der Waals surface area contributed by atoms with E-state index in [-0.39, 0.29) is 5.60 Å². The number of rotatable bonds is 4. The summed E-state index contributed by atoms with van der Waals surface area (Å²) in [6.07, 6.45) is 2.90.